The highest BCUT2D eigenvalue weighted by atomic mass is 15.0. The van der Waals surface area contributed by atoms with E-state index >= 15 is 0 Å². The van der Waals surface area contributed by atoms with E-state index in [2.05, 4.69) is 101 Å². The summed E-state index contributed by atoms with van der Waals surface area (Å²) in [4.78, 5) is 24.7. The van der Waals surface area contributed by atoms with Crippen LogP contribution in [0.3, 0.4) is 0 Å². The van der Waals surface area contributed by atoms with Gasteiger partial charge in [0.2, 0.25) is 0 Å². The molecule has 5 heterocycles. The fourth-order valence-electron chi connectivity index (χ4n) is 7.28. The van der Waals surface area contributed by atoms with Crippen molar-refractivity contribution in [2.24, 2.45) is 0 Å². The van der Waals surface area contributed by atoms with E-state index in [1.54, 1.807) is 0 Å². The average molecular weight is 708 g/mol. The number of hydrogen-bond donors (Lipinski definition) is 1. The van der Waals surface area contributed by atoms with Gasteiger partial charge < -0.3 is 9.88 Å². The van der Waals surface area contributed by atoms with Gasteiger partial charge in [-0.1, -0.05) is 121 Å². The molecule has 260 valence electrons. The Balaban J connectivity index is 1.06. The number of hydrogen-bond acceptors (Lipinski definition) is 6. The van der Waals surface area contributed by atoms with Crippen molar-refractivity contribution < 1.29 is 0 Å². The molecule has 9 aromatic rings. The van der Waals surface area contributed by atoms with Crippen molar-refractivity contribution in [2.45, 2.75) is 6.04 Å². The summed E-state index contributed by atoms with van der Waals surface area (Å²) in [7, 11) is 0. The highest BCUT2D eigenvalue weighted by molar-refractivity contribution is 6.09. The first kappa shape index (κ1) is 32.2. The second kappa shape index (κ2) is 13.8. The van der Waals surface area contributed by atoms with Crippen LogP contribution in [0.1, 0.15) is 11.7 Å². The Bertz CT molecular complexity index is 2780. The molecule has 0 bridgehead atoms. The van der Waals surface area contributed by atoms with E-state index < -0.39 is 0 Å². The number of aromatic nitrogens is 6. The second-order valence-electron chi connectivity index (χ2n) is 13.4. The predicted octanol–water partition coefficient (Wildman–Crippen LogP) is 10.8. The molecular formula is C48H33N7. The molecule has 1 unspecified atom stereocenters. The number of pyridine rings is 2. The van der Waals surface area contributed by atoms with Gasteiger partial charge in [-0.15, -0.1) is 0 Å². The summed E-state index contributed by atoms with van der Waals surface area (Å²) in [5.74, 6) is 1.77. The fraction of sp³-hybridized carbons (Fsp3) is 0.0208. The number of para-hydroxylation sites is 2. The van der Waals surface area contributed by atoms with Crippen LogP contribution in [0.5, 0.6) is 0 Å². The third-order valence-electron chi connectivity index (χ3n) is 9.95. The summed E-state index contributed by atoms with van der Waals surface area (Å²) < 4.78 is 2.35. The molecule has 1 N–H and O–H groups in total. The van der Waals surface area contributed by atoms with Gasteiger partial charge in [0.1, 0.15) is 0 Å². The maximum atomic E-state index is 5.16. The molecule has 10 rings (SSSR count). The summed E-state index contributed by atoms with van der Waals surface area (Å²) in [6.45, 7) is 0. The molecule has 55 heavy (non-hydrogen) atoms. The molecule has 1 aliphatic heterocycles. The number of rotatable bonds is 7. The van der Waals surface area contributed by atoms with Crippen molar-refractivity contribution in [3.63, 3.8) is 0 Å². The van der Waals surface area contributed by atoms with Gasteiger partial charge in [0.15, 0.2) is 17.5 Å². The van der Waals surface area contributed by atoms with Gasteiger partial charge in [-0.2, -0.15) is 0 Å². The van der Waals surface area contributed by atoms with Crippen LogP contribution < -0.4 is 5.32 Å². The van der Waals surface area contributed by atoms with Crippen LogP contribution in [-0.4, -0.2) is 29.5 Å². The monoisotopic (exact) mass is 707 g/mol. The first-order chi connectivity index (χ1) is 27.2. The quantitative estimate of drug-likeness (QED) is 0.178. The molecule has 0 aliphatic carbocycles. The van der Waals surface area contributed by atoms with Crippen molar-refractivity contribution in [3.8, 4) is 62.4 Å². The zero-order valence-corrected chi connectivity index (χ0v) is 29.7. The van der Waals surface area contributed by atoms with Gasteiger partial charge in [0.05, 0.1) is 34.2 Å². The number of dihydropyridines is 1. The van der Waals surface area contributed by atoms with Crippen molar-refractivity contribution >= 4 is 21.8 Å². The van der Waals surface area contributed by atoms with Crippen LogP contribution in [0, 0.1) is 0 Å². The zero-order valence-electron chi connectivity index (χ0n) is 29.7. The Morgan fingerprint density at radius 3 is 1.69 bits per heavy atom. The summed E-state index contributed by atoms with van der Waals surface area (Å²) in [6, 6.07) is 54.1. The summed E-state index contributed by atoms with van der Waals surface area (Å²) in [6.07, 6.45) is 9.94. The number of benzene rings is 5. The van der Waals surface area contributed by atoms with Gasteiger partial charge in [-0.05, 0) is 71.9 Å². The summed E-state index contributed by atoms with van der Waals surface area (Å²) in [5.41, 5.74) is 10.6. The van der Waals surface area contributed by atoms with Gasteiger partial charge in [0.25, 0.3) is 0 Å². The van der Waals surface area contributed by atoms with Crippen LogP contribution >= 0.6 is 0 Å². The third kappa shape index (κ3) is 6.13. The first-order valence-electron chi connectivity index (χ1n) is 18.3. The lowest BCUT2D eigenvalue weighted by Crippen LogP contribution is -2.16. The van der Waals surface area contributed by atoms with Gasteiger partial charge in [0, 0.05) is 39.3 Å². The third-order valence-corrected chi connectivity index (χ3v) is 9.95. The van der Waals surface area contributed by atoms with E-state index in [0.717, 1.165) is 50.6 Å². The molecule has 7 nitrogen and oxygen atoms in total. The highest BCUT2D eigenvalue weighted by Crippen LogP contribution is 2.35. The second-order valence-corrected chi connectivity index (χ2v) is 13.4. The van der Waals surface area contributed by atoms with Crippen molar-refractivity contribution in [1.29, 1.82) is 0 Å². The molecule has 5 aromatic carbocycles. The Kier molecular flexibility index (Phi) is 8.07. The van der Waals surface area contributed by atoms with Crippen LogP contribution in [0.15, 0.2) is 188 Å². The number of allylic oxidation sites excluding steroid dienone is 2. The molecule has 1 aliphatic rings. The lowest BCUT2D eigenvalue weighted by molar-refractivity contribution is 0.722. The molecule has 1 atom stereocenters. The molecule has 0 saturated heterocycles. The largest absolute Gasteiger partial charge is 0.379 e. The van der Waals surface area contributed by atoms with Crippen LogP contribution in [0.2, 0.25) is 0 Å². The SMILES string of the molecule is C1=CNC(c2cc(-c3cccc(-n4c5ccccc5c5ccccc54)c3)cc(-c3ccc(-c4nc(-c5ccccc5)nc(-c5ccccc5)n4)cn3)n2)C=C1. The smallest absolute Gasteiger partial charge is 0.165 e. The molecule has 4 aromatic heterocycles. The van der Waals surface area contributed by atoms with Crippen LogP contribution in [0.25, 0.3) is 84.2 Å². The lowest BCUT2D eigenvalue weighted by atomic mass is 10.00. The normalized spacial score (nSPS) is 13.6. The minimum atomic E-state index is -0.0819. The summed E-state index contributed by atoms with van der Waals surface area (Å²) in [5, 5.41) is 5.93. The average Bonchev–Trinajstić information content (AvgIpc) is 3.61. The Morgan fingerprint density at radius 2 is 1.07 bits per heavy atom. The van der Waals surface area contributed by atoms with Crippen molar-refractivity contribution in [1.82, 2.24) is 34.8 Å². The van der Waals surface area contributed by atoms with Crippen molar-refractivity contribution in [3.05, 3.63) is 194 Å². The minimum absolute atomic E-state index is 0.0819. The Hall–Kier alpha value is -7.51. The number of nitrogens with one attached hydrogen (secondary N) is 1. The van der Waals surface area contributed by atoms with Crippen molar-refractivity contribution in [2.75, 3.05) is 0 Å². The van der Waals surface area contributed by atoms with Gasteiger partial charge in [-0.25, -0.2) is 19.9 Å². The molecule has 0 fully saturated rings. The van der Waals surface area contributed by atoms with E-state index in [1.807, 2.05) is 97.3 Å². The fourth-order valence-corrected chi connectivity index (χ4v) is 7.28. The molecule has 0 radical (unpaired) electrons. The van der Waals surface area contributed by atoms with Crippen LogP contribution in [-0.2, 0) is 0 Å². The van der Waals surface area contributed by atoms with E-state index in [4.69, 9.17) is 24.9 Å². The molecule has 0 saturated carbocycles. The minimum Gasteiger partial charge on any atom is -0.379 e. The number of fused-ring (bicyclic) bond motifs is 3. The summed E-state index contributed by atoms with van der Waals surface area (Å²) >= 11 is 0. The standard InChI is InChI=1S/C48H33N7/c1-3-14-32(15-4-1)46-52-47(33-16-5-2-6-17-33)54-48(53-46)35-25-26-41(50-31-35)43-30-36(29-42(51-43)40-22-11-12-27-49-40)34-18-13-19-37(28-34)55-44-23-9-7-20-38(44)39-21-8-10-24-45(39)55/h1-31,40,49H. The predicted molar refractivity (Wildman–Crippen MR) is 221 cm³/mol. The Labute approximate surface area is 318 Å². The molecule has 0 spiro atoms. The Morgan fingerprint density at radius 1 is 0.455 bits per heavy atom. The molecule has 7 heteroatoms. The molecule has 0 amide bonds. The van der Waals surface area contributed by atoms with E-state index in [9.17, 15) is 0 Å². The highest BCUT2D eigenvalue weighted by Gasteiger charge is 2.18. The van der Waals surface area contributed by atoms with Gasteiger partial charge in [-0.3, -0.25) is 4.98 Å². The molecular weight excluding hydrogens is 675 g/mol. The first-order valence-corrected chi connectivity index (χ1v) is 18.3. The maximum Gasteiger partial charge on any atom is 0.165 e. The number of nitrogens with zero attached hydrogens (tertiary/aromatic N) is 6. The lowest BCUT2D eigenvalue weighted by Gasteiger charge is -2.18. The van der Waals surface area contributed by atoms with Gasteiger partial charge >= 0.3 is 0 Å². The van der Waals surface area contributed by atoms with E-state index in [1.165, 1.54) is 21.8 Å². The van der Waals surface area contributed by atoms with Crippen LogP contribution in [0.4, 0.5) is 0 Å². The zero-order chi connectivity index (χ0) is 36.6. The van der Waals surface area contributed by atoms with E-state index in [0.29, 0.717) is 17.5 Å². The maximum absolute atomic E-state index is 5.16. The van der Waals surface area contributed by atoms with E-state index in [-0.39, 0.29) is 6.04 Å². The topological polar surface area (TPSA) is 81.4 Å².